The van der Waals surface area contributed by atoms with Crippen molar-refractivity contribution in [1.29, 1.82) is 0 Å². The van der Waals surface area contributed by atoms with Crippen LogP contribution in [0.3, 0.4) is 0 Å². The number of rotatable bonds is 4. The van der Waals surface area contributed by atoms with Crippen LogP contribution in [-0.2, 0) is 4.74 Å². The zero-order valence-electron chi connectivity index (χ0n) is 11.4. The van der Waals surface area contributed by atoms with E-state index in [1.54, 1.807) is 11.9 Å². The minimum atomic E-state index is -1.13. The van der Waals surface area contributed by atoms with Gasteiger partial charge in [-0.25, -0.2) is 9.78 Å². The normalized spacial score (nSPS) is 15.8. The van der Waals surface area contributed by atoms with Crippen LogP contribution in [-0.4, -0.2) is 53.7 Å². The van der Waals surface area contributed by atoms with E-state index >= 15 is 0 Å². The summed E-state index contributed by atoms with van der Waals surface area (Å²) in [5.41, 5.74) is 0.0507. The molecule has 1 aliphatic rings. The van der Waals surface area contributed by atoms with Gasteiger partial charge in [-0.2, -0.15) is 0 Å². The van der Waals surface area contributed by atoms with E-state index in [2.05, 4.69) is 4.98 Å². The summed E-state index contributed by atoms with van der Waals surface area (Å²) in [5.74, 6) is -0.952. The molecule has 108 valence electrons. The molecule has 6 nitrogen and oxygen atoms in total. The van der Waals surface area contributed by atoms with Gasteiger partial charge in [-0.1, -0.05) is 6.07 Å². The minimum Gasteiger partial charge on any atom is -0.477 e. The second-order valence-corrected chi connectivity index (χ2v) is 4.95. The Morgan fingerprint density at radius 3 is 2.65 bits per heavy atom. The van der Waals surface area contributed by atoms with E-state index in [9.17, 15) is 9.59 Å². The first kappa shape index (κ1) is 14.5. The first-order valence-corrected chi connectivity index (χ1v) is 6.61. The summed E-state index contributed by atoms with van der Waals surface area (Å²) < 4.78 is 5.29. The lowest BCUT2D eigenvalue weighted by Crippen LogP contribution is -2.34. The largest absolute Gasteiger partial charge is 0.477 e. The Morgan fingerprint density at radius 1 is 1.35 bits per heavy atom. The lowest BCUT2D eigenvalue weighted by atomic mass is 10.00. The number of aromatic nitrogens is 1. The van der Waals surface area contributed by atoms with E-state index in [-0.39, 0.29) is 17.3 Å². The molecule has 2 heterocycles. The number of hydrogen-bond donors (Lipinski definition) is 1. The molecule has 0 bridgehead atoms. The molecule has 6 heteroatoms. The van der Waals surface area contributed by atoms with E-state index < -0.39 is 5.97 Å². The van der Waals surface area contributed by atoms with Crippen LogP contribution in [0.4, 0.5) is 0 Å². The van der Waals surface area contributed by atoms with Crippen LogP contribution >= 0.6 is 0 Å². The van der Waals surface area contributed by atoms with Gasteiger partial charge in [-0.15, -0.1) is 0 Å². The van der Waals surface area contributed by atoms with Crippen LogP contribution in [0.1, 0.15) is 33.8 Å². The summed E-state index contributed by atoms with van der Waals surface area (Å²) in [6.07, 6.45) is 1.89. The van der Waals surface area contributed by atoms with Gasteiger partial charge in [0, 0.05) is 26.8 Å². The van der Waals surface area contributed by atoms with Crippen LogP contribution < -0.4 is 0 Å². The monoisotopic (exact) mass is 278 g/mol. The first-order valence-electron chi connectivity index (χ1n) is 6.61. The number of carboxylic acids is 1. The Balaban J connectivity index is 2.02. The van der Waals surface area contributed by atoms with Gasteiger partial charge >= 0.3 is 5.97 Å². The highest BCUT2D eigenvalue weighted by Crippen LogP contribution is 2.16. The number of nitrogens with zero attached hydrogens (tertiary/aromatic N) is 2. The molecule has 0 spiro atoms. The molecule has 0 aliphatic carbocycles. The van der Waals surface area contributed by atoms with Crippen molar-refractivity contribution in [2.75, 3.05) is 26.8 Å². The summed E-state index contributed by atoms with van der Waals surface area (Å²) in [6, 6.07) is 4.44. The lowest BCUT2D eigenvalue weighted by Gasteiger charge is -2.27. The smallest absolute Gasteiger partial charge is 0.354 e. The SMILES string of the molecule is CN(CC1CCOCC1)C(=O)c1cccc(C(=O)O)n1. The number of hydrogen-bond acceptors (Lipinski definition) is 4. The molecular formula is C14H18N2O4. The van der Waals surface area contributed by atoms with Crippen molar-refractivity contribution in [3.05, 3.63) is 29.6 Å². The van der Waals surface area contributed by atoms with Gasteiger partial charge in [-0.3, -0.25) is 4.79 Å². The number of carbonyl (C=O) groups is 2. The zero-order chi connectivity index (χ0) is 14.5. The van der Waals surface area contributed by atoms with E-state index in [0.717, 1.165) is 26.1 Å². The molecule has 1 N–H and O–H groups in total. The number of pyridine rings is 1. The average molecular weight is 278 g/mol. The second kappa shape index (κ2) is 6.47. The van der Waals surface area contributed by atoms with Gasteiger partial charge < -0.3 is 14.7 Å². The fraction of sp³-hybridized carbons (Fsp3) is 0.500. The Morgan fingerprint density at radius 2 is 2.00 bits per heavy atom. The van der Waals surface area contributed by atoms with Crippen molar-refractivity contribution in [2.24, 2.45) is 5.92 Å². The van der Waals surface area contributed by atoms with Crippen molar-refractivity contribution < 1.29 is 19.4 Å². The lowest BCUT2D eigenvalue weighted by molar-refractivity contribution is 0.0495. The van der Waals surface area contributed by atoms with Crippen molar-refractivity contribution in [2.45, 2.75) is 12.8 Å². The third kappa shape index (κ3) is 3.54. The minimum absolute atomic E-state index is 0.115. The number of carboxylic acid groups (broad SMARTS) is 1. The molecule has 1 aromatic heterocycles. The van der Waals surface area contributed by atoms with E-state index in [1.807, 2.05) is 0 Å². The van der Waals surface area contributed by atoms with Crippen LogP contribution in [0.5, 0.6) is 0 Å². The van der Waals surface area contributed by atoms with Crippen LogP contribution in [0.2, 0.25) is 0 Å². The summed E-state index contributed by atoms with van der Waals surface area (Å²) in [4.78, 5) is 28.6. The maximum absolute atomic E-state index is 12.2. The summed E-state index contributed by atoms with van der Waals surface area (Å²) in [5, 5.41) is 8.89. The average Bonchev–Trinajstić information content (AvgIpc) is 2.47. The maximum Gasteiger partial charge on any atom is 0.354 e. The van der Waals surface area contributed by atoms with E-state index in [4.69, 9.17) is 9.84 Å². The molecule has 0 unspecified atom stereocenters. The van der Waals surface area contributed by atoms with Crippen molar-refractivity contribution >= 4 is 11.9 Å². The highest BCUT2D eigenvalue weighted by Gasteiger charge is 2.20. The second-order valence-electron chi connectivity index (χ2n) is 4.95. The third-order valence-electron chi connectivity index (χ3n) is 3.41. The number of ether oxygens (including phenoxy) is 1. The Bertz CT molecular complexity index is 498. The standard InChI is InChI=1S/C14H18N2O4/c1-16(9-10-5-7-20-8-6-10)13(17)11-3-2-4-12(15-11)14(18)19/h2-4,10H,5-9H2,1H3,(H,18,19). The molecule has 2 rings (SSSR count). The van der Waals surface area contributed by atoms with Crippen molar-refractivity contribution in [3.8, 4) is 0 Å². The molecule has 0 aromatic carbocycles. The quantitative estimate of drug-likeness (QED) is 0.897. The summed E-state index contributed by atoms with van der Waals surface area (Å²) >= 11 is 0. The van der Waals surface area contributed by atoms with Gasteiger partial charge in [0.2, 0.25) is 0 Å². The molecule has 1 fully saturated rings. The van der Waals surface area contributed by atoms with Crippen molar-refractivity contribution in [3.63, 3.8) is 0 Å². The van der Waals surface area contributed by atoms with Gasteiger partial charge in [0.15, 0.2) is 0 Å². The predicted molar refractivity (Wildman–Crippen MR) is 71.7 cm³/mol. The summed E-state index contributed by atoms with van der Waals surface area (Å²) in [7, 11) is 1.72. The van der Waals surface area contributed by atoms with Gasteiger partial charge in [0.05, 0.1) is 0 Å². The Kier molecular flexibility index (Phi) is 4.68. The number of carbonyl (C=O) groups excluding carboxylic acids is 1. The molecule has 0 radical (unpaired) electrons. The predicted octanol–water partition coefficient (Wildman–Crippen LogP) is 1.28. The highest BCUT2D eigenvalue weighted by atomic mass is 16.5. The first-order chi connectivity index (χ1) is 9.58. The number of aromatic carboxylic acids is 1. The van der Waals surface area contributed by atoms with Crippen molar-refractivity contribution in [1.82, 2.24) is 9.88 Å². The molecule has 1 aliphatic heterocycles. The molecule has 20 heavy (non-hydrogen) atoms. The van der Waals surface area contributed by atoms with E-state index in [1.165, 1.54) is 18.2 Å². The molecule has 0 saturated carbocycles. The third-order valence-corrected chi connectivity index (χ3v) is 3.41. The molecule has 1 amide bonds. The van der Waals surface area contributed by atoms with Crippen LogP contribution in [0.25, 0.3) is 0 Å². The molecular weight excluding hydrogens is 260 g/mol. The van der Waals surface area contributed by atoms with Gasteiger partial charge in [0.1, 0.15) is 11.4 Å². The topological polar surface area (TPSA) is 79.7 Å². The zero-order valence-corrected chi connectivity index (χ0v) is 11.4. The molecule has 1 saturated heterocycles. The van der Waals surface area contributed by atoms with Crippen LogP contribution in [0.15, 0.2) is 18.2 Å². The fourth-order valence-electron chi connectivity index (χ4n) is 2.27. The number of amides is 1. The van der Waals surface area contributed by atoms with Gasteiger partial charge in [0.25, 0.3) is 5.91 Å². The Hall–Kier alpha value is -1.95. The van der Waals surface area contributed by atoms with Crippen LogP contribution in [0, 0.1) is 5.92 Å². The summed E-state index contributed by atoms with van der Waals surface area (Å²) in [6.45, 7) is 2.11. The highest BCUT2D eigenvalue weighted by molar-refractivity contribution is 5.94. The maximum atomic E-state index is 12.2. The Labute approximate surface area is 117 Å². The van der Waals surface area contributed by atoms with Gasteiger partial charge in [-0.05, 0) is 30.9 Å². The fourth-order valence-corrected chi connectivity index (χ4v) is 2.27. The van der Waals surface area contributed by atoms with E-state index in [0.29, 0.717) is 12.5 Å². The molecule has 1 aromatic rings. The molecule has 0 atom stereocenters.